The van der Waals surface area contributed by atoms with Crippen molar-refractivity contribution in [3.05, 3.63) is 52.8 Å². The molecule has 1 amide bonds. The van der Waals surface area contributed by atoms with Gasteiger partial charge in [-0.05, 0) is 38.7 Å². The Bertz CT molecular complexity index is 736. The van der Waals surface area contributed by atoms with Gasteiger partial charge in [0.1, 0.15) is 0 Å². The average Bonchev–Trinajstić information content (AvgIpc) is 2.80. The van der Waals surface area contributed by atoms with Crippen molar-refractivity contribution < 1.29 is 13.6 Å². The van der Waals surface area contributed by atoms with Crippen LogP contribution in [0, 0.1) is 13.8 Å². The summed E-state index contributed by atoms with van der Waals surface area (Å²) in [5.74, 6) is -0.154. The van der Waals surface area contributed by atoms with E-state index in [0.717, 1.165) is 24.8 Å². The second-order valence-corrected chi connectivity index (χ2v) is 6.40. The molecule has 1 aliphatic carbocycles. The summed E-state index contributed by atoms with van der Waals surface area (Å²) in [5.41, 5.74) is 2.18. The lowest BCUT2D eigenvalue weighted by atomic mass is 9.71. The van der Waals surface area contributed by atoms with E-state index in [2.05, 4.69) is 10.4 Å². The molecule has 0 aliphatic heterocycles. The third kappa shape index (κ3) is 2.92. The lowest BCUT2D eigenvalue weighted by Gasteiger charge is -2.43. The second-order valence-electron chi connectivity index (χ2n) is 6.40. The molecule has 24 heavy (non-hydrogen) atoms. The maximum atomic E-state index is 12.9. The summed E-state index contributed by atoms with van der Waals surface area (Å²) < 4.78 is 26.5. The van der Waals surface area contributed by atoms with Crippen molar-refractivity contribution in [1.82, 2.24) is 15.1 Å². The highest BCUT2D eigenvalue weighted by Crippen LogP contribution is 2.41. The van der Waals surface area contributed by atoms with Crippen LogP contribution in [0.3, 0.4) is 0 Å². The van der Waals surface area contributed by atoms with Crippen LogP contribution in [-0.2, 0) is 16.8 Å². The molecule has 1 fully saturated rings. The Labute approximate surface area is 139 Å². The van der Waals surface area contributed by atoms with Gasteiger partial charge in [-0.1, -0.05) is 30.3 Å². The first kappa shape index (κ1) is 16.6. The lowest BCUT2D eigenvalue weighted by Crippen LogP contribution is -2.51. The molecule has 0 saturated heterocycles. The van der Waals surface area contributed by atoms with Gasteiger partial charge in [0.25, 0.3) is 0 Å². The smallest absolute Gasteiger partial charge is 0.333 e. The normalized spacial score (nSPS) is 16.0. The molecule has 0 spiro atoms. The number of nitrogens with zero attached hydrogens (tertiary/aromatic N) is 2. The molecule has 0 unspecified atom stereocenters. The van der Waals surface area contributed by atoms with Gasteiger partial charge in [-0.15, -0.1) is 0 Å². The SMILES string of the molecule is Cc1nn(C(F)F)c(C)c1CC(=O)NC1(c2ccccc2)CCC1. The zero-order chi connectivity index (χ0) is 17.3. The lowest BCUT2D eigenvalue weighted by molar-refractivity contribution is -0.123. The molecule has 1 aliphatic rings. The second kappa shape index (κ2) is 6.34. The molecule has 1 saturated carbocycles. The minimum atomic E-state index is -2.69. The van der Waals surface area contributed by atoms with Crippen molar-refractivity contribution in [2.45, 2.75) is 51.6 Å². The number of carbonyl (C=O) groups is 1. The molecule has 4 nitrogen and oxygen atoms in total. The number of hydrogen-bond donors (Lipinski definition) is 1. The average molecular weight is 333 g/mol. The summed E-state index contributed by atoms with van der Waals surface area (Å²) in [7, 11) is 0. The number of nitrogens with one attached hydrogen (secondary N) is 1. The van der Waals surface area contributed by atoms with Crippen molar-refractivity contribution in [3.8, 4) is 0 Å². The van der Waals surface area contributed by atoms with Gasteiger partial charge >= 0.3 is 6.55 Å². The number of hydrogen-bond acceptors (Lipinski definition) is 2. The van der Waals surface area contributed by atoms with Gasteiger partial charge in [-0.3, -0.25) is 4.79 Å². The summed E-state index contributed by atoms with van der Waals surface area (Å²) in [6.07, 6.45) is 2.93. The maximum absolute atomic E-state index is 12.9. The Hall–Kier alpha value is -2.24. The summed E-state index contributed by atoms with van der Waals surface area (Å²) in [5, 5.41) is 6.96. The van der Waals surface area contributed by atoms with Crippen LogP contribution in [0.25, 0.3) is 0 Å². The Morgan fingerprint density at radius 1 is 1.29 bits per heavy atom. The van der Waals surface area contributed by atoms with Crippen LogP contribution < -0.4 is 5.32 Å². The first-order valence-electron chi connectivity index (χ1n) is 8.12. The van der Waals surface area contributed by atoms with E-state index in [-0.39, 0.29) is 17.9 Å². The quantitative estimate of drug-likeness (QED) is 0.908. The van der Waals surface area contributed by atoms with E-state index in [1.165, 1.54) is 0 Å². The standard InChI is InChI=1S/C18H21F2N3O/c1-12-15(13(2)23(22-12)17(19)20)11-16(24)21-18(9-6-10-18)14-7-4-3-5-8-14/h3-5,7-8,17H,6,9-11H2,1-2H3,(H,21,24). The first-order valence-corrected chi connectivity index (χ1v) is 8.12. The molecular formula is C18H21F2N3O. The predicted octanol–water partition coefficient (Wildman–Crippen LogP) is 3.63. The molecule has 0 radical (unpaired) electrons. The van der Waals surface area contributed by atoms with Gasteiger partial charge in [0, 0.05) is 11.3 Å². The van der Waals surface area contributed by atoms with E-state index in [0.29, 0.717) is 21.6 Å². The molecule has 128 valence electrons. The summed E-state index contributed by atoms with van der Waals surface area (Å²) >= 11 is 0. The zero-order valence-corrected chi connectivity index (χ0v) is 13.9. The molecule has 6 heteroatoms. The molecule has 3 rings (SSSR count). The number of rotatable bonds is 5. The first-order chi connectivity index (χ1) is 11.4. The van der Waals surface area contributed by atoms with Crippen LogP contribution in [0.2, 0.25) is 0 Å². The molecule has 1 N–H and O–H groups in total. The fourth-order valence-corrected chi connectivity index (χ4v) is 3.39. The van der Waals surface area contributed by atoms with Crippen LogP contribution in [0.5, 0.6) is 0 Å². The van der Waals surface area contributed by atoms with Crippen molar-refractivity contribution in [2.75, 3.05) is 0 Å². The Morgan fingerprint density at radius 3 is 2.46 bits per heavy atom. The summed E-state index contributed by atoms with van der Waals surface area (Å²) in [6, 6.07) is 9.91. The van der Waals surface area contributed by atoms with E-state index in [1.807, 2.05) is 30.3 Å². The van der Waals surface area contributed by atoms with Crippen molar-refractivity contribution >= 4 is 5.91 Å². The highest BCUT2D eigenvalue weighted by atomic mass is 19.3. The number of benzene rings is 1. The number of aryl methyl sites for hydroxylation is 1. The monoisotopic (exact) mass is 333 g/mol. The van der Waals surface area contributed by atoms with Crippen LogP contribution in [-0.4, -0.2) is 15.7 Å². The molecule has 1 aromatic heterocycles. The third-order valence-corrected chi connectivity index (χ3v) is 4.91. The van der Waals surface area contributed by atoms with Gasteiger partial charge in [-0.25, -0.2) is 4.68 Å². The third-order valence-electron chi connectivity index (χ3n) is 4.91. The maximum Gasteiger partial charge on any atom is 0.333 e. The summed E-state index contributed by atoms with van der Waals surface area (Å²) in [6.45, 7) is 0.540. The topological polar surface area (TPSA) is 46.9 Å². The molecule has 1 aromatic carbocycles. The van der Waals surface area contributed by atoms with Crippen LogP contribution in [0.1, 0.15) is 48.3 Å². The Kier molecular flexibility index (Phi) is 4.39. The number of halogens is 2. The van der Waals surface area contributed by atoms with Crippen molar-refractivity contribution in [2.24, 2.45) is 0 Å². The Morgan fingerprint density at radius 2 is 1.96 bits per heavy atom. The molecule has 2 aromatic rings. The fourth-order valence-electron chi connectivity index (χ4n) is 3.39. The fraction of sp³-hybridized carbons (Fsp3) is 0.444. The Balaban J connectivity index is 1.77. The molecule has 1 heterocycles. The van der Waals surface area contributed by atoms with E-state index < -0.39 is 6.55 Å². The molecule has 0 bridgehead atoms. The molecular weight excluding hydrogens is 312 g/mol. The number of aromatic nitrogens is 2. The van der Waals surface area contributed by atoms with E-state index in [4.69, 9.17) is 0 Å². The van der Waals surface area contributed by atoms with Gasteiger partial charge < -0.3 is 5.32 Å². The van der Waals surface area contributed by atoms with Gasteiger partial charge in [-0.2, -0.15) is 13.9 Å². The highest BCUT2D eigenvalue weighted by molar-refractivity contribution is 5.80. The van der Waals surface area contributed by atoms with E-state index in [1.54, 1.807) is 13.8 Å². The zero-order valence-electron chi connectivity index (χ0n) is 13.9. The number of amides is 1. The van der Waals surface area contributed by atoms with Crippen LogP contribution in [0.15, 0.2) is 30.3 Å². The van der Waals surface area contributed by atoms with Gasteiger partial charge in [0.2, 0.25) is 5.91 Å². The summed E-state index contributed by atoms with van der Waals surface area (Å²) in [4.78, 5) is 12.5. The van der Waals surface area contributed by atoms with Gasteiger partial charge in [0.05, 0.1) is 17.7 Å². The largest absolute Gasteiger partial charge is 0.346 e. The van der Waals surface area contributed by atoms with E-state index in [9.17, 15) is 13.6 Å². The van der Waals surface area contributed by atoms with Crippen LogP contribution in [0.4, 0.5) is 8.78 Å². The van der Waals surface area contributed by atoms with Crippen molar-refractivity contribution in [3.63, 3.8) is 0 Å². The van der Waals surface area contributed by atoms with Crippen LogP contribution >= 0.6 is 0 Å². The number of alkyl halides is 2. The minimum absolute atomic E-state index is 0.0684. The van der Waals surface area contributed by atoms with Gasteiger partial charge in [0.15, 0.2) is 0 Å². The predicted molar refractivity (Wildman–Crippen MR) is 86.8 cm³/mol. The molecule has 0 atom stereocenters. The minimum Gasteiger partial charge on any atom is -0.346 e. The van der Waals surface area contributed by atoms with E-state index >= 15 is 0 Å². The van der Waals surface area contributed by atoms with Crippen molar-refractivity contribution in [1.29, 1.82) is 0 Å². The highest BCUT2D eigenvalue weighted by Gasteiger charge is 2.40. The number of carbonyl (C=O) groups excluding carboxylic acids is 1.